The van der Waals surface area contributed by atoms with E-state index < -0.39 is 0 Å². The molecule has 1 aromatic heterocycles. The van der Waals surface area contributed by atoms with Crippen LogP contribution < -0.4 is 5.32 Å². The standard InChI is InChI=1S/C11H9Br2ClN4O/c1-6-2-3-8(7(14)4-6)15-9(19)5-18-11(13)16-10(12)17-18/h2-4H,5H2,1H3,(H,15,19). The molecule has 2 rings (SSSR count). The molecule has 0 unspecified atom stereocenters. The van der Waals surface area contributed by atoms with E-state index in [1.54, 1.807) is 12.1 Å². The molecule has 0 atom stereocenters. The largest absolute Gasteiger partial charge is 0.323 e. The molecule has 100 valence electrons. The number of benzene rings is 1. The van der Waals surface area contributed by atoms with Gasteiger partial charge in [-0.3, -0.25) is 4.79 Å². The van der Waals surface area contributed by atoms with Crippen LogP contribution >= 0.6 is 43.5 Å². The van der Waals surface area contributed by atoms with Gasteiger partial charge in [0.1, 0.15) is 6.54 Å². The number of aryl methyl sites for hydroxylation is 1. The summed E-state index contributed by atoms with van der Waals surface area (Å²) in [5.74, 6) is -0.233. The van der Waals surface area contributed by atoms with E-state index in [1.807, 2.05) is 13.0 Å². The van der Waals surface area contributed by atoms with Crippen LogP contribution in [0.1, 0.15) is 5.56 Å². The number of halogens is 3. The zero-order valence-corrected chi connectivity index (χ0v) is 13.8. The molecule has 1 heterocycles. The number of anilines is 1. The van der Waals surface area contributed by atoms with E-state index in [2.05, 4.69) is 47.3 Å². The average molecular weight is 408 g/mol. The maximum atomic E-state index is 11.9. The topological polar surface area (TPSA) is 59.8 Å². The third kappa shape index (κ3) is 3.77. The van der Waals surface area contributed by atoms with Crippen LogP contribution in [-0.4, -0.2) is 20.7 Å². The summed E-state index contributed by atoms with van der Waals surface area (Å²) < 4.78 is 2.33. The third-order valence-electron chi connectivity index (χ3n) is 2.29. The quantitative estimate of drug-likeness (QED) is 0.847. The Labute approximate surface area is 131 Å². The first-order valence-corrected chi connectivity index (χ1v) is 7.24. The first-order valence-electron chi connectivity index (χ1n) is 5.27. The lowest BCUT2D eigenvalue weighted by molar-refractivity contribution is -0.116. The van der Waals surface area contributed by atoms with Gasteiger partial charge >= 0.3 is 0 Å². The van der Waals surface area contributed by atoms with Crippen molar-refractivity contribution < 1.29 is 4.79 Å². The van der Waals surface area contributed by atoms with Gasteiger partial charge in [0.25, 0.3) is 0 Å². The van der Waals surface area contributed by atoms with Crippen molar-refractivity contribution in [1.29, 1.82) is 0 Å². The number of hydrogen-bond acceptors (Lipinski definition) is 3. The number of amides is 1. The minimum atomic E-state index is -0.233. The molecule has 0 fully saturated rings. The molecule has 0 aliphatic carbocycles. The fourth-order valence-electron chi connectivity index (χ4n) is 1.44. The number of rotatable bonds is 3. The monoisotopic (exact) mass is 406 g/mol. The van der Waals surface area contributed by atoms with E-state index in [-0.39, 0.29) is 12.5 Å². The molecule has 1 amide bonds. The fourth-order valence-corrected chi connectivity index (χ4v) is 2.70. The summed E-state index contributed by atoms with van der Waals surface area (Å²) in [6, 6.07) is 5.43. The highest BCUT2D eigenvalue weighted by molar-refractivity contribution is 9.11. The van der Waals surface area contributed by atoms with Crippen LogP contribution in [0.2, 0.25) is 5.02 Å². The van der Waals surface area contributed by atoms with Crippen molar-refractivity contribution >= 4 is 55.1 Å². The molecule has 0 aliphatic rings. The van der Waals surface area contributed by atoms with E-state index in [1.165, 1.54) is 4.68 Å². The number of carbonyl (C=O) groups excluding carboxylic acids is 1. The first kappa shape index (κ1) is 14.5. The summed E-state index contributed by atoms with van der Waals surface area (Å²) in [6.45, 7) is 1.98. The van der Waals surface area contributed by atoms with Gasteiger partial charge in [0, 0.05) is 0 Å². The van der Waals surface area contributed by atoms with Gasteiger partial charge in [0.2, 0.25) is 10.6 Å². The van der Waals surface area contributed by atoms with Gasteiger partial charge in [-0.15, -0.1) is 5.10 Å². The Balaban J connectivity index is 2.07. The van der Waals surface area contributed by atoms with E-state index in [4.69, 9.17) is 11.6 Å². The van der Waals surface area contributed by atoms with Gasteiger partial charge in [-0.2, -0.15) is 4.98 Å². The molecular formula is C11H9Br2ClN4O. The number of aromatic nitrogens is 3. The van der Waals surface area contributed by atoms with Crippen LogP contribution in [0.5, 0.6) is 0 Å². The molecular weight excluding hydrogens is 399 g/mol. The van der Waals surface area contributed by atoms with Crippen molar-refractivity contribution in [2.24, 2.45) is 0 Å². The van der Waals surface area contributed by atoms with Crippen LogP contribution in [0.25, 0.3) is 0 Å². The highest BCUT2D eigenvalue weighted by atomic mass is 79.9. The Morgan fingerprint density at radius 3 is 2.79 bits per heavy atom. The molecule has 2 aromatic rings. The Hall–Kier alpha value is -0.920. The molecule has 19 heavy (non-hydrogen) atoms. The maximum Gasteiger partial charge on any atom is 0.246 e. The van der Waals surface area contributed by atoms with Crippen molar-refractivity contribution in [1.82, 2.24) is 14.8 Å². The van der Waals surface area contributed by atoms with Crippen LogP contribution in [0, 0.1) is 6.92 Å². The average Bonchev–Trinajstić information content (AvgIpc) is 2.61. The molecule has 0 saturated heterocycles. The Morgan fingerprint density at radius 2 is 2.21 bits per heavy atom. The van der Waals surface area contributed by atoms with Gasteiger partial charge in [0.05, 0.1) is 10.7 Å². The lowest BCUT2D eigenvalue weighted by atomic mass is 10.2. The van der Waals surface area contributed by atoms with Gasteiger partial charge < -0.3 is 5.32 Å². The maximum absolute atomic E-state index is 11.9. The molecule has 8 heteroatoms. The summed E-state index contributed by atoms with van der Waals surface area (Å²) in [5.41, 5.74) is 1.61. The summed E-state index contributed by atoms with van der Waals surface area (Å²) in [5, 5.41) is 7.24. The predicted octanol–water partition coefficient (Wildman–Crippen LogP) is 3.40. The van der Waals surface area contributed by atoms with Gasteiger partial charge in [-0.1, -0.05) is 17.7 Å². The summed E-state index contributed by atoms with van der Waals surface area (Å²) in [6.07, 6.45) is 0. The number of carbonyl (C=O) groups is 1. The van der Waals surface area contributed by atoms with Gasteiger partial charge in [-0.25, -0.2) is 4.68 Å². The summed E-state index contributed by atoms with van der Waals surface area (Å²) >= 11 is 12.4. The van der Waals surface area contributed by atoms with Crippen LogP contribution in [0.4, 0.5) is 5.69 Å². The molecule has 0 aliphatic heterocycles. The van der Waals surface area contributed by atoms with E-state index >= 15 is 0 Å². The minimum Gasteiger partial charge on any atom is -0.323 e. The Kier molecular flexibility index (Phi) is 4.59. The zero-order valence-electron chi connectivity index (χ0n) is 9.82. The van der Waals surface area contributed by atoms with Crippen molar-refractivity contribution in [3.63, 3.8) is 0 Å². The van der Waals surface area contributed by atoms with Gasteiger partial charge in [0.15, 0.2) is 4.73 Å². The smallest absolute Gasteiger partial charge is 0.246 e. The number of nitrogens with zero attached hydrogens (tertiary/aromatic N) is 3. The van der Waals surface area contributed by atoms with Crippen molar-refractivity contribution in [3.05, 3.63) is 38.3 Å². The molecule has 1 aromatic carbocycles. The zero-order chi connectivity index (χ0) is 14.0. The van der Waals surface area contributed by atoms with E-state index in [0.717, 1.165) is 5.56 Å². The van der Waals surface area contributed by atoms with Gasteiger partial charge in [-0.05, 0) is 56.5 Å². The Bertz CT molecular complexity index is 629. The second kappa shape index (κ2) is 6.02. The lowest BCUT2D eigenvalue weighted by Crippen LogP contribution is -2.20. The van der Waals surface area contributed by atoms with E-state index in [0.29, 0.717) is 20.2 Å². The number of hydrogen-bond donors (Lipinski definition) is 1. The van der Waals surface area contributed by atoms with Crippen LogP contribution in [-0.2, 0) is 11.3 Å². The molecule has 0 radical (unpaired) electrons. The molecule has 0 bridgehead atoms. The molecule has 5 nitrogen and oxygen atoms in total. The van der Waals surface area contributed by atoms with Crippen LogP contribution in [0.15, 0.2) is 27.7 Å². The predicted molar refractivity (Wildman–Crippen MR) is 80.2 cm³/mol. The summed E-state index contributed by atoms with van der Waals surface area (Å²) in [7, 11) is 0. The Morgan fingerprint density at radius 1 is 1.47 bits per heavy atom. The van der Waals surface area contributed by atoms with E-state index in [9.17, 15) is 4.79 Å². The van der Waals surface area contributed by atoms with Crippen LogP contribution in [0.3, 0.4) is 0 Å². The normalized spacial score (nSPS) is 10.5. The highest BCUT2D eigenvalue weighted by Crippen LogP contribution is 2.22. The fraction of sp³-hybridized carbons (Fsp3) is 0.182. The highest BCUT2D eigenvalue weighted by Gasteiger charge is 2.11. The van der Waals surface area contributed by atoms with Crippen molar-refractivity contribution in [2.75, 3.05) is 5.32 Å². The first-order chi connectivity index (χ1) is 8.95. The third-order valence-corrected chi connectivity index (χ3v) is 3.53. The second-order valence-corrected chi connectivity index (χ2v) is 5.66. The molecule has 1 N–H and O–H groups in total. The molecule has 0 saturated carbocycles. The molecule has 0 spiro atoms. The van der Waals surface area contributed by atoms with Crippen molar-refractivity contribution in [2.45, 2.75) is 13.5 Å². The number of nitrogens with one attached hydrogen (secondary N) is 1. The SMILES string of the molecule is Cc1ccc(NC(=O)Cn2nc(Br)nc2Br)c(Cl)c1. The van der Waals surface area contributed by atoms with Crippen molar-refractivity contribution in [3.8, 4) is 0 Å². The second-order valence-electron chi connectivity index (χ2n) is 3.84. The summed E-state index contributed by atoms with van der Waals surface area (Å²) in [4.78, 5) is 15.9. The minimum absolute atomic E-state index is 0.0450. The lowest BCUT2D eigenvalue weighted by Gasteiger charge is -2.08.